The van der Waals surface area contributed by atoms with Crippen molar-refractivity contribution in [1.82, 2.24) is 20.3 Å². The zero-order valence-corrected chi connectivity index (χ0v) is 16.1. The van der Waals surface area contributed by atoms with Gasteiger partial charge in [-0.15, -0.1) is 0 Å². The maximum absolute atomic E-state index is 12.7. The monoisotopic (exact) mass is 403 g/mol. The van der Waals surface area contributed by atoms with Crippen LogP contribution in [0.4, 0.5) is 19.1 Å². The average Bonchev–Trinajstić information content (AvgIpc) is 3.07. The van der Waals surface area contributed by atoms with Crippen LogP contribution in [0.25, 0.3) is 22.2 Å². The van der Waals surface area contributed by atoms with Gasteiger partial charge in [0.15, 0.2) is 0 Å². The summed E-state index contributed by atoms with van der Waals surface area (Å²) in [6.45, 7) is 5.69. The summed E-state index contributed by atoms with van der Waals surface area (Å²) in [6.07, 6.45) is -1.15. The number of hydrogen-bond donors (Lipinski definition) is 3. The van der Waals surface area contributed by atoms with Gasteiger partial charge in [0, 0.05) is 40.9 Å². The molecule has 0 bridgehead atoms. The van der Waals surface area contributed by atoms with Crippen LogP contribution in [-0.4, -0.2) is 39.6 Å². The first kappa shape index (κ1) is 19.2. The molecule has 3 N–H and O–H groups in total. The van der Waals surface area contributed by atoms with Gasteiger partial charge >= 0.3 is 6.18 Å². The van der Waals surface area contributed by atoms with Gasteiger partial charge in [0.05, 0.1) is 0 Å². The van der Waals surface area contributed by atoms with Gasteiger partial charge in [-0.3, -0.25) is 4.79 Å². The molecule has 1 aromatic carbocycles. The van der Waals surface area contributed by atoms with Gasteiger partial charge in [-0.1, -0.05) is 19.9 Å². The van der Waals surface area contributed by atoms with Crippen molar-refractivity contribution in [2.45, 2.75) is 38.4 Å². The highest BCUT2D eigenvalue weighted by atomic mass is 19.4. The SMILES string of the molecule is C[C@H](Nc1ncc2c(-c3ccc4c(c3)C(C)(C)CNC4=O)c[nH]c2n1)C(F)(F)F. The highest BCUT2D eigenvalue weighted by Crippen LogP contribution is 2.35. The maximum atomic E-state index is 12.7. The van der Waals surface area contributed by atoms with E-state index in [2.05, 4.69) is 39.4 Å². The summed E-state index contributed by atoms with van der Waals surface area (Å²) in [6, 6.07) is 3.86. The van der Waals surface area contributed by atoms with Crippen LogP contribution in [0.2, 0.25) is 0 Å². The van der Waals surface area contributed by atoms with Gasteiger partial charge < -0.3 is 15.6 Å². The number of nitrogens with zero attached hydrogens (tertiary/aromatic N) is 2. The summed E-state index contributed by atoms with van der Waals surface area (Å²) in [4.78, 5) is 23.4. The van der Waals surface area contributed by atoms with Crippen molar-refractivity contribution in [3.8, 4) is 11.1 Å². The van der Waals surface area contributed by atoms with Crippen molar-refractivity contribution in [2.75, 3.05) is 11.9 Å². The van der Waals surface area contributed by atoms with Crippen LogP contribution in [0, 0.1) is 0 Å². The van der Waals surface area contributed by atoms with Gasteiger partial charge in [0.2, 0.25) is 5.95 Å². The number of rotatable bonds is 3. The number of anilines is 1. The Morgan fingerprint density at radius 1 is 1.24 bits per heavy atom. The number of nitrogens with one attached hydrogen (secondary N) is 3. The van der Waals surface area contributed by atoms with E-state index in [0.717, 1.165) is 23.6 Å². The van der Waals surface area contributed by atoms with Gasteiger partial charge in [0.25, 0.3) is 5.91 Å². The Bertz CT molecular complexity index is 1100. The molecule has 1 aliphatic heterocycles. The third-order valence-corrected chi connectivity index (χ3v) is 5.26. The molecular weight excluding hydrogens is 383 g/mol. The molecule has 1 atom stereocenters. The predicted molar refractivity (Wildman–Crippen MR) is 104 cm³/mol. The van der Waals surface area contributed by atoms with E-state index in [9.17, 15) is 18.0 Å². The largest absolute Gasteiger partial charge is 0.408 e. The second-order valence-electron chi connectivity index (χ2n) is 7.89. The minimum absolute atomic E-state index is 0.0948. The lowest BCUT2D eigenvalue weighted by Gasteiger charge is -2.32. The van der Waals surface area contributed by atoms with E-state index < -0.39 is 12.2 Å². The fourth-order valence-corrected chi connectivity index (χ4v) is 3.45. The Kier molecular flexibility index (Phi) is 4.29. The van der Waals surface area contributed by atoms with Crippen LogP contribution in [0.15, 0.2) is 30.6 Å². The summed E-state index contributed by atoms with van der Waals surface area (Å²) in [7, 11) is 0. The van der Waals surface area contributed by atoms with Crippen LogP contribution in [-0.2, 0) is 5.41 Å². The molecule has 0 unspecified atom stereocenters. The van der Waals surface area contributed by atoms with Gasteiger partial charge in [-0.05, 0) is 30.2 Å². The summed E-state index contributed by atoms with van der Waals surface area (Å²) in [5, 5.41) is 5.85. The highest BCUT2D eigenvalue weighted by molar-refractivity contribution is 5.99. The molecule has 3 heterocycles. The Morgan fingerprint density at radius 2 is 2.00 bits per heavy atom. The van der Waals surface area contributed by atoms with Crippen LogP contribution in [0.5, 0.6) is 0 Å². The lowest BCUT2D eigenvalue weighted by atomic mass is 9.78. The molecule has 29 heavy (non-hydrogen) atoms. The van der Waals surface area contributed by atoms with Crippen molar-refractivity contribution in [3.63, 3.8) is 0 Å². The minimum Gasteiger partial charge on any atom is -0.351 e. The molecule has 0 saturated heterocycles. The molecule has 4 rings (SSSR count). The molecule has 1 aliphatic rings. The summed E-state index contributed by atoms with van der Waals surface area (Å²) in [5.74, 6) is -0.193. The Morgan fingerprint density at radius 3 is 2.72 bits per heavy atom. The van der Waals surface area contributed by atoms with E-state index in [1.165, 1.54) is 6.20 Å². The zero-order chi connectivity index (χ0) is 21.0. The van der Waals surface area contributed by atoms with Crippen molar-refractivity contribution in [1.29, 1.82) is 0 Å². The molecule has 9 heteroatoms. The molecule has 0 spiro atoms. The number of aromatic amines is 1. The van der Waals surface area contributed by atoms with Crippen LogP contribution < -0.4 is 10.6 Å². The summed E-state index contributed by atoms with van der Waals surface area (Å²) < 4.78 is 38.2. The smallest absolute Gasteiger partial charge is 0.351 e. The zero-order valence-electron chi connectivity index (χ0n) is 16.1. The van der Waals surface area contributed by atoms with E-state index in [-0.39, 0.29) is 17.3 Å². The summed E-state index contributed by atoms with van der Waals surface area (Å²) in [5.41, 5.74) is 3.51. The normalized spacial score (nSPS) is 17.0. The van der Waals surface area contributed by atoms with Crippen molar-refractivity contribution < 1.29 is 18.0 Å². The quantitative estimate of drug-likeness (QED) is 0.617. The number of carbonyl (C=O) groups excluding carboxylic acids is 1. The molecule has 0 saturated carbocycles. The van der Waals surface area contributed by atoms with Crippen LogP contribution >= 0.6 is 0 Å². The van der Waals surface area contributed by atoms with Crippen LogP contribution in [0.3, 0.4) is 0 Å². The minimum atomic E-state index is -4.39. The third kappa shape index (κ3) is 3.41. The highest BCUT2D eigenvalue weighted by Gasteiger charge is 2.36. The maximum Gasteiger partial charge on any atom is 0.408 e. The lowest BCUT2D eigenvalue weighted by molar-refractivity contribution is -0.138. The number of H-pyrrole nitrogens is 1. The first-order valence-corrected chi connectivity index (χ1v) is 9.17. The average molecular weight is 403 g/mol. The van der Waals surface area contributed by atoms with Gasteiger partial charge in [-0.25, -0.2) is 4.98 Å². The van der Waals surface area contributed by atoms with Crippen molar-refractivity contribution in [3.05, 3.63) is 41.7 Å². The van der Waals surface area contributed by atoms with E-state index in [1.54, 1.807) is 12.3 Å². The molecule has 6 nitrogen and oxygen atoms in total. The number of benzene rings is 1. The first-order valence-electron chi connectivity index (χ1n) is 9.17. The second kappa shape index (κ2) is 6.47. The standard InChI is InChI=1S/C20H20F3N5O/c1-10(20(21,22)23)27-18-25-8-14-13(7-24-16(14)28-18)11-4-5-12-15(6-11)19(2,3)9-26-17(12)29/h4-8,10H,9H2,1-3H3,(H,26,29)(H2,24,25,27,28)/t10-/m0/s1. The second-order valence-corrected chi connectivity index (χ2v) is 7.89. The van der Waals surface area contributed by atoms with Crippen LogP contribution in [0.1, 0.15) is 36.7 Å². The summed E-state index contributed by atoms with van der Waals surface area (Å²) >= 11 is 0. The van der Waals surface area contributed by atoms with E-state index >= 15 is 0 Å². The topological polar surface area (TPSA) is 82.7 Å². The number of carbonyl (C=O) groups is 1. The molecule has 2 aromatic heterocycles. The molecule has 0 aliphatic carbocycles. The molecular formula is C20H20F3N5O. The predicted octanol–water partition coefficient (Wildman–Crippen LogP) is 4.01. The Balaban J connectivity index is 1.72. The number of alkyl halides is 3. The number of fused-ring (bicyclic) bond motifs is 2. The Labute approximate surface area is 164 Å². The molecule has 3 aromatic rings. The number of amides is 1. The molecule has 0 fully saturated rings. The molecule has 1 amide bonds. The fraction of sp³-hybridized carbons (Fsp3) is 0.350. The van der Waals surface area contributed by atoms with Gasteiger partial charge in [-0.2, -0.15) is 18.2 Å². The fourth-order valence-electron chi connectivity index (χ4n) is 3.45. The first-order chi connectivity index (χ1) is 13.6. The van der Waals surface area contributed by atoms with Gasteiger partial charge in [0.1, 0.15) is 11.7 Å². The van der Waals surface area contributed by atoms with E-state index in [4.69, 9.17) is 0 Å². The number of aromatic nitrogens is 3. The van der Waals surface area contributed by atoms with E-state index in [0.29, 0.717) is 23.1 Å². The third-order valence-electron chi connectivity index (χ3n) is 5.26. The van der Waals surface area contributed by atoms with Crippen molar-refractivity contribution >= 4 is 22.9 Å². The molecule has 152 valence electrons. The van der Waals surface area contributed by atoms with Crippen molar-refractivity contribution in [2.24, 2.45) is 0 Å². The number of hydrogen-bond acceptors (Lipinski definition) is 4. The Hall–Kier alpha value is -3.10. The number of halogens is 3. The van der Waals surface area contributed by atoms with E-state index in [1.807, 2.05) is 12.1 Å². The lowest BCUT2D eigenvalue weighted by Crippen LogP contribution is -2.43. The molecule has 0 radical (unpaired) electrons.